The van der Waals surface area contributed by atoms with Gasteiger partial charge in [0, 0.05) is 18.0 Å². The number of aromatic nitrogens is 1. The first-order valence-corrected chi connectivity index (χ1v) is 5.09. The van der Waals surface area contributed by atoms with E-state index in [-0.39, 0.29) is 0 Å². The van der Waals surface area contributed by atoms with Crippen LogP contribution in [0.3, 0.4) is 0 Å². The van der Waals surface area contributed by atoms with E-state index in [2.05, 4.69) is 0 Å². The average Bonchev–Trinajstić information content (AvgIpc) is 2.55. The second-order valence-electron chi connectivity index (χ2n) is 3.83. The van der Waals surface area contributed by atoms with Crippen LogP contribution in [0, 0.1) is 0 Å². The summed E-state index contributed by atoms with van der Waals surface area (Å²) >= 11 is 0. The Hall–Kier alpha value is -1.45. The van der Waals surface area contributed by atoms with Crippen LogP contribution in [0.1, 0.15) is 18.2 Å². The third-order valence-corrected chi connectivity index (χ3v) is 2.81. The predicted molar refractivity (Wildman–Crippen MR) is 57.3 cm³/mol. The van der Waals surface area contributed by atoms with Crippen molar-refractivity contribution in [2.75, 3.05) is 0 Å². The topological polar surface area (TPSA) is 4.93 Å². The zero-order valence-corrected chi connectivity index (χ0v) is 9.10. The molecule has 4 heteroatoms. The Labute approximate surface area is 91.5 Å². The maximum absolute atomic E-state index is 12.6. The van der Waals surface area contributed by atoms with Gasteiger partial charge in [0.05, 0.1) is 0 Å². The van der Waals surface area contributed by atoms with Gasteiger partial charge in [-0.3, -0.25) is 0 Å². The van der Waals surface area contributed by atoms with Crippen molar-refractivity contribution >= 4 is 10.9 Å². The molecular formula is C12H12F3N. The van der Waals surface area contributed by atoms with Crippen molar-refractivity contribution in [3.63, 3.8) is 0 Å². The fourth-order valence-corrected chi connectivity index (χ4v) is 1.89. The molecule has 0 unspecified atom stereocenters. The Morgan fingerprint density at radius 2 is 1.88 bits per heavy atom. The van der Waals surface area contributed by atoms with Gasteiger partial charge in [0.25, 0.3) is 0 Å². The summed E-state index contributed by atoms with van der Waals surface area (Å²) in [6, 6.07) is 6.62. The fraction of sp³-hybridized carbons (Fsp3) is 0.333. The molecule has 0 N–H and O–H groups in total. The van der Waals surface area contributed by atoms with Gasteiger partial charge in [-0.15, -0.1) is 0 Å². The highest BCUT2D eigenvalue weighted by atomic mass is 19.4. The Bertz CT molecular complexity index is 523. The molecule has 2 aromatic rings. The van der Waals surface area contributed by atoms with Crippen molar-refractivity contribution in [1.82, 2.24) is 4.57 Å². The fourth-order valence-electron chi connectivity index (χ4n) is 1.89. The molecule has 1 heterocycles. The predicted octanol–water partition coefficient (Wildman–Crippen LogP) is 3.76. The van der Waals surface area contributed by atoms with Gasteiger partial charge in [-0.1, -0.05) is 13.0 Å². The lowest BCUT2D eigenvalue weighted by Gasteiger charge is -2.07. The van der Waals surface area contributed by atoms with Crippen molar-refractivity contribution in [1.29, 1.82) is 0 Å². The van der Waals surface area contributed by atoms with Crippen LogP contribution in [-0.2, 0) is 19.6 Å². The quantitative estimate of drug-likeness (QED) is 0.699. The molecule has 0 atom stereocenters. The van der Waals surface area contributed by atoms with E-state index in [1.807, 2.05) is 19.1 Å². The molecular weight excluding hydrogens is 215 g/mol. The molecule has 0 amide bonds. The molecule has 16 heavy (non-hydrogen) atoms. The molecule has 0 radical (unpaired) electrons. The van der Waals surface area contributed by atoms with Gasteiger partial charge in [-0.25, -0.2) is 0 Å². The normalized spacial score (nSPS) is 12.3. The summed E-state index contributed by atoms with van der Waals surface area (Å²) in [6.07, 6.45) is -3.47. The second kappa shape index (κ2) is 3.54. The average molecular weight is 227 g/mol. The lowest BCUT2D eigenvalue weighted by molar-refractivity contribution is -0.142. The number of hydrogen-bond acceptors (Lipinski definition) is 0. The molecule has 0 saturated carbocycles. The van der Waals surface area contributed by atoms with Crippen LogP contribution in [0.4, 0.5) is 13.2 Å². The molecule has 2 rings (SSSR count). The van der Waals surface area contributed by atoms with E-state index in [9.17, 15) is 13.2 Å². The summed E-state index contributed by atoms with van der Waals surface area (Å²) < 4.78 is 39.1. The summed E-state index contributed by atoms with van der Waals surface area (Å²) in [4.78, 5) is 0. The van der Waals surface area contributed by atoms with Crippen LogP contribution in [-0.4, -0.2) is 4.57 Å². The Morgan fingerprint density at radius 3 is 2.44 bits per heavy atom. The third-order valence-electron chi connectivity index (χ3n) is 2.81. The van der Waals surface area contributed by atoms with Crippen LogP contribution in [0.15, 0.2) is 24.3 Å². The van der Waals surface area contributed by atoms with Crippen LogP contribution in [0.25, 0.3) is 10.9 Å². The van der Waals surface area contributed by atoms with E-state index in [0.717, 1.165) is 12.0 Å². The van der Waals surface area contributed by atoms with Crippen LogP contribution in [0.2, 0.25) is 0 Å². The minimum absolute atomic E-state index is 0.601. The third kappa shape index (κ3) is 1.68. The Kier molecular flexibility index (Phi) is 2.45. The van der Waals surface area contributed by atoms with E-state index in [0.29, 0.717) is 10.9 Å². The number of aryl methyl sites for hydroxylation is 2. The van der Waals surface area contributed by atoms with E-state index in [1.165, 1.54) is 17.7 Å². The zero-order chi connectivity index (χ0) is 11.9. The summed E-state index contributed by atoms with van der Waals surface area (Å²) in [7, 11) is 1.44. The molecule has 0 spiro atoms. The van der Waals surface area contributed by atoms with Gasteiger partial charge in [0.15, 0.2) is 0 Å². The largest absolute Gasteiger partial charge is 0.431 e. The van der Waals surface area contributed by atoms with Crippen LogP contribution >= 0.6 is 0 Å². The van der Waals surface area contributed by atoms with Gasteiger partial charge in [-0.2, -0.15) is 13.2 Å². The van der Waals surface area contributed by atoms with Gasteiger partial charge in [0.1, 0.15) is 5.69 Å². The van der Waals surface area contributed by atoms with Gasteiger partial charge < -0.3 is 4.57 Å². The second-order valence-corrected chi connectivity index (χ2v) is 3.83. The number of halogens is 3. The molecule has 1 aromatic heterocycles. The minimum atomic E-state index is -4.29. The molecule has 0 aliphatic rings. The summed E-state index contributed by atoms with van der Waals surface area (Å²) in [6.45, 7) is 1.98. The molecule has 86 valence electrons. The standard InChI is InChI=1S/C12H12F3N/c1-3-8-4-5-10-9(6-8)7-11(16(10)2)12(13,14)15/h4-7H,3H2,1-2H3. The van der Waals surface area contributed by atoms with Crippen molar-refractivity contribution in [2.45, 2.75) is 19.5 Å². The summed E-state index contributed by atoms with van der Waals surface area (Å²) in [5, 5.41) is 0.647. The van der Waals surface area contributed by atoms with Crippen molar-refractivity contribution in [3.05, 3.63) is 35.5 Å². The van der Waals surface area contributed by atoms with Gasteiger partial charge in [0.2, 0.25) is 0 Å². The van der Waals surface area contributed by atoms with Crippen LogP contribution in [0.5, 0.6) is 0 Å². The van der Waals surface area contributed by atoms with Gasteiger partial charge >= 0.3 is 6.18 Å². The highest BCUT2D eigenvalue weighted by Crippen LogP contribution is 2.33. The van der Waals surface area contributed by atoms with Crippen molar-refractivity contribution < 1.29 is 13.2 Å². The van der Waals surface area contributed by atoms with E-state index >= 15 is 0 Å². The number of hydrogen-bond donors (Lipinski definition) is 0. The number of alkyl halides is 3. The van der Waals surface area contributed by atoms with Crippen molar-refractivity contribution in [2.24, 2.45) is 7.05 Å². The summed E-state index contributed by atoms with van der Waals surface area (Å²) in [5.74, 6) is 0. The first-order valence-electron chi connectivity index (χ1n) is 5.09. The van der Waals surface area contributed by atoms with E-state index in [4.69, 9.17) is 0 Å². The molecule has 0 aliphatic carbocycles. The highest BCUT2D eigenvalue weighted by Gasteiger charge is 2.34. The Balaban J connectivity index is 2.68. The molecule has 1 aromatic carbocycles. The first kappa shape index (κ1) is 11.0. The highest BCUT2D eigenvalue weighted by molar-refractivity contribution is 5.82. The smallest absolute Gasteiger partial charge is 0.340 e. The monoisotopic (exact) mass is 227 g/mol. The zero-order valence-electron chi connectivity index (χ0n) is 9.10. The number of nitrogens with zero attached hydrogens (tertiary/aromatic N) is 1. The van der Waals surface area contributed by atoms with Crippen LogP contribution < -0.4 is 0 Å². The molecule has 0 aliphatic heterocycles. The lowest BCUT2D eigenvalue weighted by atomic mass is 10.1. The van der Waals surface area contributed by atoms with Crippen molar-refractivity contribution in [3.8, 4) is 0 Å². The minimum Gasteiger partial charge on any atom is -0.340 e. The number of benzene rings is 1. The molecule has 0 saturated heterocycles. The summed E-state index contributed by atoms with van der Waals surface area (Å²) in [5.41, 5.74) is 1.06. The molecule has 0 bridgehead atoms. The van der Waals surface area contributed by atoms with Gasteiger partial charge in [-0.05, 0) is 30.2 Å². The number of fused-ring (bicyclic) bond motifs is 1. The number of rotatable bonds is 1. The Morgan fingerprint density at radius 1 is 1.19 bits per heavy atom. The van der Waals surface area contributed by atoms with E-state index < -0.39 is 11.9 Å². The lowest BCUT2D eigenvalue weighted by Crippen LogP contribution is -2.10. The maximum atomic E-state index is 12.6. The molecule has 0 fully saturated rings. The first-order chi connectivity index (χ1) is 7.43. The molecule has 1 nitrogen and oxygen atoms in total. The SMILES string of the molecule is CCc1ccc2c(c1)cc(C(F)(F)F)n2C. The maximum Gasteiger partial charge on any atom is 0.431 e. The van der Waals surface area contributed by atoms with E-state index in [1.54, 1.807) is 6.07 Å².